The number of hydrogen-bond donors (Lipinski definition) is 1. The zero-order valence-electron chi connectivity index (χ0n) is 12.3. The van der Waals surface area contributed by atoms with E-state index in [0.717, 1.165) is 11.4 Å². The minimum atomic E-state index is -0.257. The molecule has 0 radical (unpaired) electrons. The summed E-state index contributed by atoms with van der Waals surface area (Å²) in [6.45, 7) is 8.61. The molecule has 5 nitrogen and oxygen atoms in total. The Kier molecular flexibility index (Phi) is 4.23. The van der Waals surface area contributed by atoms with Crippen LogP contribution in [0.15, 0.2) is 23.4 Å². The molecule has 6 heteroatoms. The normalized spacial score (nSPS) is 11.6. The van der Waals surface area contributed by atoms with Gasteiger partial charge in [0, 0.05) is 29.0 Å². The highest BCUT2D eigenvalue weighted by molar-refractivity contribution is 7.11. The molecule has 0 aliphatic heterocycles. The lowest BCUT2D eigenvalue weighted by atomic mass is 10.1. The third-order valence-electron chi connectivity index (χ3n) is 2.92. The number of nitrogens with one attached hydrogen (secondary N) is 1. The number of thiazole rings is 1. The number of anilines is 1. The Bertz CT molecular complexity index is 639. The Hall–Kier alpha value is -1.69. The molecule has 0 amide bonds. The average Bonchev–Trinajstić information content (AvgIpc) is 2.84. The summed E-state index contributed by atoms with van der Waals surface area (Å²) in [5.41, 5.74) is -0.361. The summed E-state index contributed by atoms with van der Waals surface area (Å²) >= 11 is 1.66. The SMILES string of the molecule is CCc1cnc(CNc2nccn(C(C)(C)C)c2=O)s1. The molecule has 0 spiro atoms. The van der Waals surface area contributed by atoms with Crippen LogP contribution in [-0.4, -0.2) is 14.5 Å². The van der Waals surface area contributed by atoms with Crippen LogP contribution in [0.2, 0.25) is 0 Å². The molecular weight excluding hydrogens is 272 g/mol. The zero-order chi connectivity index (χ0) is 14.8. The van der Waals surface area contributed by atoms with Crippen LogP contribution in [0.3, 0.4) is 0 Å². The van der Waals surface area contributed by atoms with Crippen molar-refractivity contribution in [1.29, 1.82) is 0 Å². The topological polar surface area (TPSA) is 59.8 Å². The van der Waals surface area contributed by atoms with Crippen LogP contribution in [0.5, 0.6) is 0 Å². The van der Waals surface area contributed by atoms with E-state index in [1.807, 2.05) is 27.0 Å². The summed E-state index contributed by atoms with van der Waals surface area (Å²) in [4.78, 5) is 22.0. The van der Waals surface area contributed by atoms with Gasteiger partial charge in [0.2, 0.25) is 0 Å². The standard InChI is InChI=1S/C14H20N4OS/c1-5-10-8-16-11(20-10)9-17-12-13(19)18(7-6-15-12)14(2,3)4/h6-8H,5,9H2,1-4H3,(H,15,17). The van der Waals surface area contributed by atoms with E-state index < -0.39 is 0 Å². The van der Waals surface area contributed by atoms with Crippen LogP contribution >= 0.6 is 11.3 Å². The van der Waals surface area contributed by atoms with Gasteiger partial charge in [0.05, 0.1) is 6.54 Å². The Labute approximate surface area is 122 Å². The fourth-order valence-corrected chi connectivity index (χ4v) is 2.62. The van der Waals surface area contributed by atoms with Crippen LogP contribution in [0.4, 0.5) is 5.82 Å². The van der Waals surface area contributed by atoms with Crippen molar-refractivity contribution in [1.82, 2.24) is 14.5 Å². The molecule has 2 aromatic rings. The van der Waals surface area contributed by atoms with Crippen LogP contribution in [0.1, 0.15) is 37.6 Å². The first-order valence-electron chi connectivity index (χ1n) is 6.67. The lowest BCUT2D eigenvalue weighted by molar-refractivity contribution is 0.383. The monoisotopic (exact) mass is 292 g/mol. The lowest BCUT2D eigenvalue weighted by Crippen LogP contribution is -2.35. The lowest BCUT2D eigenvalue weighted by Gasteiger charge is -2.22. The molecule has 108 valence electrons. The van der Waals surface area contributed by atoms with E-state index >= 15 is 0 Å². The van der Waals surface area contributed by atoms with Crippen molar-refractivity contribution in [2.24, 2.45) is 0 Å². The molecule has 2 aromatic heterocycles. The van der Waals surface area contributed by atoms with Gasteiger partial charge in [0.1, 0.15) is 5.01 Å². The number of aryl methyl sites for hydroxylation is 1. The molecule has 0 unspecified atom stereocenters. The van der Waals surface area contributed by atoms with Crippen molar-refractivity contribution < 1.29 is 0 Å². The van der Waals surface area contributed by atoms with Crippen molar-refractivity contribution in [2.45, 2.75) is 46.2 Å². The summed E-state index contributed by atoms with van der Waals surface area (Å²) in [6, 6.07) is 0. The number of rotatable bonds is 4. The van der Waals surface area contributed by atoms with Crippen LogP contribution in [0.25, 0.3) is 0 Å². The van der Waals surface area contributed by atoms with E-state index in [-0.39, 0.29) is 11.1 Å². The smallest absolute Gasteiger partial charge is 0.293 e. The van der Waals surface area contributed by atoms with Gasteiger partial charge in [-0.1, -0.05) is 6.92 Å². The van der Waals surface area contributed by atoms with Gasteiger partial charge in [-0.2, -0.15) is 0 Å². The van der Waals surface area contributed by atoms with E-state index in [9.17, 15) is 4.79 Å². The van der Waals surface area contributed by atoms with Gasteiger partial charge in [-0.15, -0.1) is 11.3 Å². The van der Waals surface area contributed by atoms with E-state index in [2.05, 4.69) is 22.2 Å². The molecule has 0 atom stereocenters. The Balaban J connectivity index is 2.16. The second kappa shape index (κ2) is 5.75. The second-order valence-corrected chi connectivity index (χ2v) is 6.75. The van der Waals surface area contributed by atoms with Crippen molar-refractivity contribution in [3.8, 4) is 0 Å². The van der Waals surface area contributed by atoms with Gasteiger partial charge in [0.15, 0.2) is 5.82 Å². The summed E-state index contributed by atoms with van der Waals surface area (Å²) < 4.78 is 1.68. The molecule has 2 rings (SSSR count). The number of nitrogens with zero attached hydrogens (tertiary/aromatic N) is 3. The van der Waals surface area contributed by atoms with Crippen LogP contribution in [0, 0.1) is 0 Å². The van der Waals surface area contributed by atoms with Gasteiger partial charge < -0.3 is 9.88 Å². The predicted molar refractivity (Wildman–Crippen MR) is 82.3 cm³/mol. The van der Waals surface area contributed by atoms with Crippen molar-refractivity contribution >= 4 is 17.2 Å². The molecule has 20 heavy (non-hydrogen) atoms. The largest absolute Gasteiger partial charge is 0.359 e. The first-order chi connectivity index (χ1) is 9.41. The third kappa shape index (κ3) is 3.25. The van der Waals surface area contributed by atoms with Crippen molar-refractivity contribution in [3.05, 3.63) is 38.8 Å². The second-order valence-electron chi connectivity index (χ2n) is 5.55. The molecule has 0 fully saturated rings. The van der Waals surface area contributed by atoms with E-state index in [1.165, 1.54) is 4.88 Å². The third-order valence-corrected chi connectivity index (χ3v) is 4.06. The highest BCUT2D eigenvalue weighted by Crippen LogP contribution is 2.14. The van der Waals surface area contributed by atoms with Gasteiger partial charge in [0.25, 0.3) is 5.56 Å². The first-order valence-corrected chi connectivity index (χ1v) is 7.49. The van der Waals surface area contributed by atoms with Gasteiger partial charge in [-0.3, -0.25) is 4.79 Å². The first kappa shape index (κ1) is 14.7. The molecule has 1 N–H and O–H groups in total. The minimum absolute atomic E-state index is 0.104. The average molecular weight is 292 g/mol. The number of hydrogen-bond acceptors (Lipinski definition) is 5. The van der Waals surface area contributed by atoms with Gasteiger partial charge in [-0.05, 0) is 27.2 Å². The van der Waals surface area contributed by atoms with Gasteiger partial charge in [-0.25, -0.2) is 9.97 Å². The van der Waals surface area contributed by atoms with Crippen LogP contribution in [-0.2, 0) is 18.5 Å². The predicted octanol–water partition coefficient (Wildman–Crippen LogP) is 2.63. The number of aromatic nitrogens is 3. The minimum Gasteiger partial charge on any atom is -0.359 e. The highest BCUT2D eigenvalue weighted by Gasteiger charge is 2.16. The van der Waals surface area contributed by atoms with Crippen molar-refractivity contribution in [2.75, 3.05) is 5.32 Å². The molecule has 0 saturated carbocycles. The summed E-state index contributed by atoms with van der Waals surface area (Å²) in [5, 5.41) is 4.05. The maximum Gasteiger partial charge on any atom is 0.293 e. The van der Waals surface area contributed by atoms with E-state index in [0.29, 0.717) is 12.4 Å². The van der Waals surface area contributed by atoms with Crippen LogP contribution < -0.4 is 10.9 Å². The Morgan fingerprint density at radius 3 is 2.70 bits per heavy atom. The molecular formula is C14H20N4OS. The maximum atomic E-state index is 12.3. The quantitative estimate of drug-likeness (QED) is 0.941. The Morgan fingerprint density at radius 1 is 1.35 bits per heavy atom. The fourth-order valence-electron chi connectivity index (χ4n) is 1.81. The van der Waals surface area contributed by atoms with Crippen molar-refractivity contribution in [3.63, 3.8) is 0 Å². The molecule has 2 heterocycles. The van der Waals surface area contributed by atoms with E-state index in [4.69, 9.17) is 0 Å². The summed E-state index contributed by atoms with van der Waals surface area (Å²) in [5.74, 6) is 0.371. The maximum absolute atomic E-state index is 12.3. The molecule has 0 aliphatic carbocycles. The molecule has 0 aromatic carbocycles. The summed E-state index contributed by atoms with van der Waals surface area (Å²) in [6.07, 6.45) is 6.23. The van der Waals surface area contributed by atoms with Gasteiger partial charge >= 0.3 is 0 Å². The van der Waals surface area contributed by atoms with E-state index in [1.54, 1.807) is 28.3 Å². The summed E-state index contributed by atoms with van der Waals surface area (Å²) in [7, 11) is 0. The highest BCUT2D eigenvalue weighted by atomic mass is 32.1. The molecule has 0 bridgehead atoms. The fraction of sp³-hybridized carbons (Fsp3) is 0.500. The molecule has 0 saturated heterocycles. The zero-order valence-corrected chi connectivity index (χ0v) is 13.1. The molecule has 0 aliphatic rings. The Morgan fingerprint density at radius 2 is 2.10 bits per heavy atom.